The SMILES string of the molecule is C=Cc1c(C)c2[nH]c1=Cc1[nH]c(c(CCC(=O)OC)c1C)Cc1[nH]c(c(C)c1CCC(=O)O)C=C1N=C(C=2)C2=CC=C(C(=O)OC)[C@H](C(=O)OC)[C@]12C. The van der Waals surface area contributed by atoms with Gasteiger partial charge >= 0.3 is 23.9 Å². The van der Waals surface area contributed by atoms with Crippen molar-refractivity contribution in [3.8, 4) is 0 Å². The third kappa shape index (κ3) is 6.32. The number of fused-ring (bicyclic) bond motifs is 10. The first kappa shape index (κ1) is 36.9. The summed E-state index contributed by atoms with van der Waals surface area (Å²) < 4.78 is 15.4. The number of rotatable bonds is 9. The van der Waals surface area contributed by atoms with Gasteiger partial charge in [0.25, 0.3) is 0 Å². The summed E-state index contributed by atoms with van der Waals surface area (Å²) in [6.07, 6.45) is 12.2. The van der Waals surface area contributed by atoms with E-state index in [9.17, 15) is 24.3 Å². The zero-order valence-corrected chi connectivity index (χ0v) is 31.0. The van der Waals surface area contributed by atoms with E-state index >= 15 is 0 Å². The number of nitrogens with one attached hydrogen (secondary N) is 3. The van der Waals surface area contributed by atoms with Crippen molar-refractivity contribution in [3.63, 3.8) is 0 Å². The molecule has 12 heteroatoms. The van der Waals surface area contributed by atoms with Crippen molar-refractivity contribution >= 4 is 53.9 Å². The fourth-order valence-corrected chi connectivity index (χ4v) is 7.97. The molecule has 5 heterocycles. The monoisotopic (exact) mass is 720 g/mol. The number of carbonyl (C=O) groups excluding carboxylic acids is 3. The predicted molar refractivity (Wildman–Crippen MR) is 200 cm³/mol. The molecular weight excluding hydrogens is 676 g/mol. The molecule has 2 atom stereocenters. The van der Waals surface area contributed by atoms with Crippen LogP contribution in [0.1, 0.15) is 75.9 Å². The lowest BCUT2D eigenvalue weighted by Gasteiger charge is -2.37. The van der Waals surface area contributed by atoms with Crippen molar-refractivity contribution in [2.45, 2.75) is 59.8 Å². The Hall–Kier alpha value is -5.91. The maximum atomic E-state index is 13.7. The fraction of sp³-hybridized carbons (Fsp3) is 0.341. The summed E-state index contributed by atoms with van der Waals surface area (Å²) in [5.74, 6) is -3.60. The van der Waals surface area contributed by atoms with Crippen LogP contribution >= 0.6 is 0 Å². The van der Waals surface area contributed by atoms with Crippen molar-refractivity contribution in [2.75, 3.05) is 21.3 Å². The first-order valence-electron chi connectivity index (χ1n) is 17.4. The van der Waals surface area contributed by atoms with Crippen molar-refractivity contribution in [2.24, 2.45) is 16.3 Å². The van der Waals surface area contributed by atoms with E-state index in [1.807, 2.05) is 45.9 Å². The molecule has 276 valence electrons. The van der Waals surface area contributed by atoms with E-state index in [1.165, 1.54) is 21.3 Å². The third-order valence-corrected chi connectivity index (χ3v) is 11.0. The smallest absolute Gasteiger partial charge is 0.334 e. The lowest BCUT2D eigenvalue weighted by atomic mass is 9.64. The molecule has 2 aliphatic heterocycles. The second kappa shape index (κ2) is 14.3. The number of carbonyl (C=O) groups is 4. The Bertz CT molecular complexity index is 2340. The topological polar surface area (TPSA) is 176 Å². The number of aromatic nitrogens is 3. The minimum atomic E-state index is -1.16. The molecule has 0 amide bonds. The summed E-state index contributed by atoms with van der Waals surface area (Å²) in [5, 5.41) is 11.3. The molecule has 0 spiro atoms. The zero-order chi connectivity index (χ0) is 38.4. The van der Waals surface area contributed by atoms with Crippen LogP contribution in [0.25, 0.3) is 24.3 Å². The van der Waals surface area contributed by atoms with Gasteiger partial charge in [-0.2, -0.15) is 0 Å². The number of hydrogen-bond acceptors (Lipinski definition) is 8. The van der Waals surface area contributed by atoms with Gasteiger partial charge in [-0.3, -0.25) is 19.4 Å². The van der Waals surface area contributed by atoms with E-state index in [0.29, 0.717) is 35.5 Å². The number of aliphatic carboxylic acids is 1. The summed E-state index contributed by atoms with van der Waals surface area (Å²) in [4.78, 5) is 66.9. The number of carboxylic acid groups (broad SMARTS) is 1. The van der Waals surface area contributed by atoms with Crippen molar-refractivity contribution in [1.82, 2.24) is 15.0 Å². The molecule has 6 rings (SSSR count). The van der Waals surface area contributed by atoms with Crippen LogP contribution in [0.3, 0.4) is 0 Å². The number of carboxylic acids is 1. The number of nitrogens with zero attached hydrogens (tertiary/aromatic N) is 1. The van der Waals surface area contributed by atoms with Gasteiger partial charge in [-0.25, -0.2) is 4.79 Å². The van der Waals surface area contributed by atoms with Crippen LogP contribution in [-0.2, 0) is 52.7 Å². The first-order chi connectivity index (χ1) is 25.3. The van der Waals surface area contributed by atoms with Crippen molar-refractivity contribution in [1.29, 1.82) is 0 Å². The largest absolute Gasteiger partial charge is 0.481 e. The van der Waals surface area contributed by atoms with Gasteiger partial charge in [-0.05, 0) is 92.2 Å². The fourth-order valence-electron chi connectivity index (χ4n) is 7.97. The predicted octanol–water partition coefficient (Wildman–Crippen LogP) is 4.21. The third-order valence-electron chi connectivity index (χ3n) is 11.0. The molecule has 12 nitrogen and oxygen atoms in total. The quantitative estimate of drug-likeness (QED) is 0.188. The average Bonchev–Trinajstić information content (AvgIpc) is 3.79. The van der Waals surface area contributed by atoms with Gasteiger partial charge in [0.2, 0.25) is 0 Å². The molecule has 0 fully saturated rings. The maximum Gasteiger partial charge on any atom is 0.334 e. The van der Waals surface area contributed by atoms with Gasteiger partial charge < -0.3 is 34.3 Å². The van der Waals surface area contributed by atoms with Gasteiger partial charge in [-0.15, -0.1) is 0 Å². The Morgan fingerprint density at radius 2 is 1.51 bits per heavy atom. The Balaban J connectivity index is 1.69. The van der Waals surface area contributed by atoms with Gasteiger partial charge in [0, 0.05) is 58.3 Å². The van der Waals surface area contributed by atoms with Crippen molar-refractivity contribution < 1.29 is 38.5 Å². The minimum Gasteiger partial charge on any atom is -0.481 e. The number of H-pyrrole nitrogens is 3. The first-order valence-corrected chi connectivity index (χ1v) is 17.4. The second-order valence-corrected chi connectivity index (χ2v) is 13.8. The number of ether oxygens (including phenoxy) is 3. The molecule has 0 saturated carbocycles. The van der Waals surface area contributed by atoms with Crippen LogP contribution in [0.15, 0.2) is 40.6 Å². The molecule has 53 heavy (non-hydrogen) atoms. The van der Waals surface area contributed by atoms with E-state index in [0.717, 1.165) is 61.2 Å². The molecule has 3 aliphatic rings. The highest BCUT2D eigenvalue weighted by molar-refractivity contribution is 6.25. The van der Waals surface area contributed by atoms with E-state index in [1.54, 1.807) is 18.2 Å². The molecule has 0 saturated heterocycles. The Morgan fingerprint density at radius 3 is 2.09 bits per heavy atom. The van der Waals surface area contributed by atoms with Crippen LogP contribution < -0.4 is 10.7 Å². The number of aliphatic imine (C=N–C) groups is 1. The van der Waals surface area contributed by atoms with E-state index < -0.39 is 29.2 Å². The number of allylic oxidation sites excluding steroid dienone is 3. The normalized spacial score (nSPS) is 18.7. The molecule has 0 aromatic carbocycles. The van der Waals surface area contributed by atoms with Crippen LogP contribution in [0.5, 0.6) is 0 Å². The molecule has 4 N–H and O–H groups in total. The summed E-state index contributed by atoms with van der Waals surface area (Å²) in [6, 6.07) is 0. The summed E-state index contributed by atoms with van der Waals surface area (Å²) in [7, 11) is 3.92. The maximum absolute atomic E-state index is 13.7. The van der Waals surface area contributed by atoms with Crippen LogP contribution in [-0.4, -0.2) is 71.0 Å². The average molecular weight is 721 g/mol. The summed E-state index contributed by atoms with van der Waals surface area (Å²) >= 11 is 0. The molecule has 8 bridgehead atoms. The molecule has 0 radical (unpaired) electrons. The molecule has 0 unspecified atom stereocenters. The van der Waals surface area contributed by atoms with Crippen LogP contribution in [0, 0.1) is 32.1 Å². The highest BCUT2D eigenvalue weighted by atomic mass is 16.5. The molecule has 1 aliphatic carbocycles. The summed E-state index contributed by atoms with van der Waals surface area (Å²) in [6.45, 7) is 11.9. The van der Waals surface area contributed by atoms with E-state index in [-0.39, 0.29) is 30.8 Å². The van der Waals surface area contributed by atoms with Crippen LogP contribution in [0.2, 0.25) is 0 Å². The van der Waals surface area contributed by atoms with Gasteiger partial charge in [0.15, 0.2) is 0 Å². The van der Waals surface area contributed by atoms with Gasteiger partial charge in [0.05, 0.1) is 43.7 Å². The van der Waals surface area contributed by atoms with E-state index in [2.05, 4.69) is 21.5 Å². The minimum absolute atomic E-state index is 0.0855. The lowest BCUT2D eigenvalue weighted by molar-refractivity contribution is -0.150. The summed E-state index contributed by atoms with van der Waals surface area (Å²) in [5.41, 5.74) is 9.45. The number of methoxy groups -OCH3 is 3. The number of hydrogen-bond donors (Lipinski definition) is 4. The standard InChI is InChI=1S/C41H44N4O8/c1-9-23-20(2)29-17-34-27-13-10-26(39(49)52-7)38(40(50)53-8)41(27,5)35(45-34)19-30-22(4)24(11-14-36(46)47)32(44-30)18-33-25(12-15-37(48)51-6)21(3)28(43-33)16-31(23)42-29/h9-10,13,16-17,19,38,42-44H,1,11-12,14-15,18H2,2-8H3,(H,46,47)/t38-,41+/m1/s1. The molecule has 3 aromatic rings. The number of esters is 3. The Labute approximate surface area is 306 Å². The van der Waals surface area contributed by atoms with Crippen LogP contribution in [0.4, 0.5) is 0 Å². The van der Waals surface area contributed by atoms with Crippen molar-refractivity contribution in [3.05, 3.63) is 102 Å². The molecule has 3 aromatic heterocycles. The van der Waals surface area contributed by atoms with Gasteiger partial charge in [-0.1, -0.05) is 24.8 Å². The highest BCUT2D eigenvalue weighted by Gasteiger charge is 2.54. The number of aromatic amines is 3. The zero-order valence-electron chi connectivity index (χ0n) is 31.0. The van der Waals surface area contributed by atoms with E-state index in [4.69, 9.17) is 19.2 Å². The Morgan fingerprint density at radius 1 is 0.868 bits per heavy atom. The Kier molecular flexibility index (Phi) is 9.91. The lowest BCUT2D eigenvalue weighted by Crippen LogP contribution is -2.41. The van der Waals surface area contributed by atoms with Gasteiger partial charge in [0.1, 0.15) is 5.92 Å². The second-order valence-electron chi connectivity index (χ2n) is 13.8. The molecular formula is C41H44N4O8. The highest BCUT2D eigenvalue weighted by Crippen LogP contribution is 2.54.